The van der Waals surface area contributed by atoms with Gasteiger partial charge in [0.1, 0.15) is 5.75 Å². The van der Waals surface area contributed by atoms with Crippen molar-refractivity contribution in [1.82, 2.24) is 0 Å². The first-order chi connectivity index (χ1) is 9.11. The van der Waals surface area contributed by atoms with Crippen molar-refractivity contribution < 1.29 is 14.6 Å². The third kappa shape index (κ3) is 1.83. The summed E-state index contributed by atoms with van der Waals surface area (Å²) in [4.78, 5) is 11.8. The third-order valence-electron chi connectivity index (χ3n) is 4.62. The topological polar surface area (TPSA) is 46.5 Å². The number of aromatic hydroxyl groups is 1. The number of esters is 1. The van der Waals surface area contributed by atoms with Crippen LogP contribution in [0.25, 0.3) is 0 Å². The van der Waals surface area contributed by atoms with Gasteiger partial charge in [-0.1, -0.05) is 26.8 Å². The van der Waals surface area contributed by atoms with Gasteiger partial charge in [-0.3, -0.25) is 4.79 Å². The Balaban J connectivity index is 0.000000637. The molecule has 2 aliphatic rings. The summed E-state index contributed by atoms with van der Waals surface area (Å²) in [5.41, 5.74) is 2.35. The van der Waals surface area contributed by atoms with E-state index in [9.17, 15) is 9.90 Å². The van der Waals surface area contributed by atoms with Gasteiger partial charge >= 0.3 is 5.97 Å². The SMILES string of the molecule is CC.COC(=O)C1C(C)C12CCc1ccc(O)cc12. The first-order valence-corrected chi connectivity index (χ1v) is 7.01. The van der Waals surface area contributed by atoms with Crippen LogP contribution in [0.1, 0.15) is 38.3 Å². The molecule has 1 fully saturated rings. The fraction of sp³-hybridized carbons (Fsp3) is 0.562. The second-order valence-electron chi connectivity index (χ2n) is 5.17. The molecule has 19 heavy (non-hydrogen) atoms. The molecule has 1 aromatic carbocycles. The first-order valence-electron chi connectivity index (χ1n) is 7.01. The van der Waals surface area contributed by atoms with Crippen molar-refractivity contribution in [3.8, 4) is 5.75 Å². The highest BCUT2D eigenvalue weighted by Crippen LogP contribution is 2.66. The molecular weight excluding hydrogens is 240 g/mol. The van der Waals surface area contributed by atoms with Crippen molar-refractivity contribution in [2.24, 2.45) is 11.8 Å². The largest absolute Gasteiger partial charge is 0.508 e. The van der Waals surface area contributed by atoms with Crippen LogP contribution in [0, 0.1) is 11.8 Å². The summed E-state index contributed by atoms with van der Waals surface area (Å²) in [7, 11) is 1.44. The predicted molar refractivity (Wildman–Crippen MR) is 74.1 cm³/mol. The van der Waals surface area contributed by atoms with Gasteiger partial charge in [0.15, 0.2) is 0 Å². The Morgan fingerprint density at radius 1 is 1.42 bits per heavy atom. The normalized spacial score (nSPS) is 30.3. The number of hydrogen-bond donors (Lipinski definition) is 1. The highest BCUT2D eigenvalue weighted by molar-refractivity contribution is 5.81. The van der Waals surface area contributed by atoms with Crippen LogP contribution in [-0.4, -0.2) is 18.2 Å². The molecule has 0 radical (unpaired) electrons. The Morgan fingerprint density at radius 3 is 2.74 bits per heavy atom. The van der Waals surface area contributed by atoms with Crippen LogP contribution in [0.5, 0.6) is 5.75 Å². The minimum atomic E-state index is -0.117. The fourth-order valence-electron chi connectivity index (χ4n) is 3.66. The van der Waals surface area contributed by atoms with Crippen LogP contribution < -0.4 is 0 Å². The van der Waals surface area contributed by atoms with Gasteiger partial charge in [0.2, 0.25) is 0 Å². The molecule has 3 nitrogen and oxygen atoms in total. The fourth-order valence-corrected chi connectivity index (χ4v) is 3.66. The predicted octanol–water partition coefficient (Wildman–Crippen LogP) is 3.04. The number of aryl methyl sites for hydroxylation is 1. The molecule has 3 rings (SSSR count). The number of fused-ring (bicyclic) bond motifs is 2. The van der Waals surface area contributed by atoms with Crippen molar-refractivity contribution in [2.75, 3.05) is 7.11 Å². The molecule has 1 N–H and O–H groups in total. The highest BCUT2D eigenvalue weighted by Gasteiger charge is 2.68. The number of phenolic OH excluding ortho intramolecular Hbond substituents is 1. The van der Waals surface area contributed by atoms with E-state index in [0.29, 0.717) is 5.92 Å². The van der Waals surface area contributed by atoms with E-state index in [1.54, 1.807) is 6.07 Å². The number of phenols is 1. The lowest BCUT2D eigenvalue weighted by Crippen LogP contribution is -2.13. The van der Waals surface area contributed by atoms with Crippen LogP contribution in [0.4, 0.5) is 0 Å². The molecule has 3 unspecified atom stereocenters. The summed E-state index contributed by atoms with van der Waals surface area (Å²) >= 11 is 0. The Labute approximate surface area is 114 Å². The van der Waals surface area contributed by atoms with Gasteiger partial charge < -0.3 is 9.84 Å². The van der Waals surface area contributed by atoms with Gasteiger partial charge in [0, 0.05) is 5.41 Å². The minimum Gasteiger partial charge on any atom is -0.508 e. The third-order valence-corrected chi connectivity index (χ3v) is 4.62. The molecule has 0 amide bonds. The van der Waals surface area contributed by atoms with E-state index in [4.69, 9.17) is 4.74 Å². The summed E-state index contributed by atoms with van der Waals surface area (Å²) in [6.07, 6.45) is 1.99. The van der Waals surface area contributed by atoms with Crippen LogP contribution in [0.2, 0.25) is 0 Å². The summed E-state index contributed by atoms with van der Waals surface area (Å²) in [6.45, 7) is 6.10. The smallest absolute Gasteiger partial charge is 0.309 e. The number of benzene rings is 1. The maximum absolute atomic E-state index is 11.8. The molecule has 0 heterocycles. The highest BCUT2D eigenvalue weighted by atomic mass is 16.5. The molecule has 0 bridgehead atoms. The van der Waals surface area contributed by atoms with Crippen molar-refractivity contribution >= 4 is 5.97 Å². The second kappa shape index (κ2) is 4.87. The van der Waals surface area contributed by atoms with Crippen LogP contribution >= 0.6 is 0 Å². The Hall–Kier alpha value is -1.51. The Kier molecular flexibility index (Phi) is 3.57. The lowest BCUT2D eigenvalue weighted by atomic mass is 9.93. The molecule has 1 spiro atoms. The maximum atomic E-state index is 11.8. The van der Waals surface area contributed by atoms with E-state index in [0.717, 1.165) is 18.4 Å². The van der Waals surface area contributed by atoms with Gasteiger partial charge in [-0.15, -0.1) is 0 Å². The van der Waals surface area contributed by atoms with Gasteiger partial charge in [0.25, 0.3) is 0 Å². The minimum absolute atomic E-state index is 0.0319. The van der Waals surface area contributed by atoms with E-state index in [-0.39, 0.29) is 23.1 Å². The van der Waals surface area contributed by atoms with Gasteiger partial charge in [0.05, 0.1) is 13.0 Å². The van der Waals surface area contributed by atoms with E-state index in [1.165, 1.54) is 12.7 Å². The summed E-state index contributed by atoms with van der Waals surface area (Å²) in [5, 5.41) is 9.61. The van der Waals surface area contributed by atoms with Gasteiger partial charge in [-0.05, 0) is 42.0 Å². The van der Waals surface area contributed by atoms with Gasteiger partial charge in [-0.25, -0.2) is 0 Å². The van der Waals surface area contributed by atoms with Crippen LogP contribution in [0.15, 0.2) is 18.2 Å². The summed E-state index contributed by atoms with van der Waals surface area (Å²) < 4.78 is 4.88. The van der Waals surface area contributed by atoms with Crippen LogP contribution in [-0.2, 0) is 21.4 Å². The van der Waals surface area contributed by atoms with E-state index >= 15 is 0 Å². The van der Waals surface area contributed by atoms with E-state index in [1.807, 2.05) is 26.0 Å². The molecule has 104 valence electrons. The van der Waals surface area contributed by atoms with E-state index in [2.05, 4.69) is 6.92 Å². The number of ether oxygens (including phenoxy) is 1. The molecule has 2 aliphatic carbocycles. The molecular formula is C16H22O3. The molecule has 1 saturated carbocycles. The molecule has 0 aliphatic heterocycles. The van der Waals surface area contributed by atoms with Crippen LogP contribution in [0.3, 0.4) is 0 Å². The van der Waals surface area contributed by atoms with Crippen molar-refractivity contribution in [3.05, 3.63) is 29.3 Å². The van der Waals surface area contributed by atoms with E-state index < -0.39 is 0 Å². The number of carbonyl (C=O) groups is 1. The molecule has 1 aromatic rings. The zero-order chi connectivity index (χ0) is 14.2. The second-order valence-corrected chi connectivity index (χ2v) is 5.17. The van der Waals surface area contributed by atoms with Crippen molar-refractivity contribution in [3.63, 3.8) is 0 Å². The summed E-state index contributed by atoms with van der Waals surface area (Å²) in [6, 6.07) is 5.51. The molecule has 0 aromatic heterocycles. The number of carbonyl (C=O) groups excluding carboxylic acids is 1. The monoisotopic (exact) mass is 262 g/mol. The lowest BCUT2D eigenvalue weighted by Gasteiger charge is -2.11. The molecule has 3 atom stereocenters. The van der Waals surface area contributed by atoms with Gasteiger partial charge in [-0.2, -0.15) is 0 Å². The number of methoxy groups -OCH3 is 1. The lowest BCUT2D eigenvalue weighted by molar-refractivity contribution is -0.142. The quantitative estimate of drug-likeness (QED) is 0.791. The van der Waals surface area contributed by atoms with Crippen molar-refractivity contribution in [2.45, 2.75) is 39.0 Å². The Bertz CT molecular complexity index is 495. The van der Waals surface area contributed by atoms with Crippen molar-refractivity contribution in [1.29, 1.82) is 0 Å². The number of hydrogen-bond acceptors (Lipinski definition) is 3. The average Bonchev–Trinajstić information content (AvgIpc) is 2.85. The molecule has 3 heteroatoms. The zero-order valence-electron chi connectivity index (χ0n) is 12.1. The average molecular weight is 262 g/mol. The maximum Gasteiger partial charge on any atom is 0.309 e. The zero-order valence-corrected chi connectivity index (χ0v) is 12.1. The first kappa shape index (κ1) is 13.9. The number of rotatable bonds is 1. The summed E-state index contributed by atoms with van der Waals surface area (Å²) in [5.74, 6) is 0.454. The Morgan fingerprint density at radius 2 is 2.11 bits per heavy atom. The molecule has 0 saturated heterocycles. The standard InChI is InChI=1S/C14H16O3.C2H6/c1-8-12(13(16)17-2)14(8)6-5-9-3-4-10(15)7-11(9)14;1-2/h3-4,7-8,12,15H,5-6H2,1-2H3;1-2H3.